The van der Waals surface area contributed by atoms with Gasteiger partial charge < -0.3 is 15.0 Å². The molecule has 1 aromatic rings. The zero-order valence-electron chi connectivity index (χ0n) is 12.6. The highest BCUT2D eigenvalue weighted by Gasteiger charge is 2.28. The molecule has 0 spiro atoms. The summed E-state index contributed by atoms with van der Waals surface area (Å²) in [6.45, 7) is 5.85. The predicted molar refractivity (Wildman–Crippen MR) is 80.1 cm³/mol. The lowest BCUT2D eigenvalue weighted by molar-refractivity contribution is -0.134. The van der Waals surface area contributed by atoms with Gasteiger partial charge in [-0.25, -0.2) is 0 Å². The molecule has 1 atom stereocenters. The molecule has 1 amide bonds. The number of amides is 1. The zero-order chi connectivity index (χ0) is 14.5. The fourth-order valence-electron chi connectivity index (χ4n) is 2.86. The largest absolute Gasteiger partial charge is 0.483 e. The average Bonchev–Trinajstić information content (AvgIpc) is 2.87. The first-order valence-corrected chi connectivity index (χ1v) is 7.26. The number of benzene rings is 1. The topological polar surface area (TPSA) is 41.6 Å². The van der Waals surface area contributed by atoms with Gasteiger partial charge in [-0.15, -0.1) is 0 Å². The van der Waals surface area contributed by atoms with Crippen LogP contribution >= 0.6 is 0 Å². The Kier molecular flexibility index (Phi) is 5.01. The molecule has 4 nitrogen and oxygen atoms in total. The van der Waals surface area contributed by atoms with Crippen LogP contribution in [0, 0.1) is 13.8 Å². The van der Waals surface area contributed by atoms with Crippen LogP contribution in [-0.2, 0) is 4.79 Å². The van der Waals surface area contributed by atoms with Crippen LogP contribution in [0.1, 0.15) is 24.0 Å². The number of ether oxygens (including phenoxy) is 1. The van der Waals surface area contributed by atoms with E-state index in [2.05, 4.69) is 5.32 Å². The van der Waals surface area contributed by atoms with Crippen molar-refractivity contribution in [2.75, 3.05) is 26.7 Å². The Bertz CT molecular complexity index is 453. The van der Waals surface area contributed by atoms with Crippen molar-refractivity contribution >= 4 is 5.91 Å². The lowest BCUT2D eigenvalue weighted by Crippen LogP contribution is -2.43. The first-order chi connectivity index (χ1) is 9.63. The second-order valence-electron chi connectivity index (χ2n) is 5.45. The predicted octanol–water partition coefficient (Wildman–Crippen LogP) is 1.89. The molecule has 1 aromatic carbocycles. The van der Waals surface area contributed by atoms with Crippen molar-refractivity contribution in [2.45, 2.75) is 32.7 Å². The monoisotopic (exact) mass is 276 g/mol. The summed E-state index contributed by atoms with van der Waals surface area (Å²) in [4.78, 5) is 14.2. The van der Waals surface area contributed by atoms with Crippen LogP contribution < -0.4 is 10.1 Å². The number of nitrogens with zero attached hydrogens (tertiary/aromatic N) is 1. The molecular weight excluding hydrogens is 252 g/mol. The lowest BCUT2D eigenvalue weighted by atomic mass is 10.1. The average molecular weight is 276 g/mol. The van der Waals surface area contributed by atoms with E-state index < -0.39 is 0 Å². The Morgan fingerprint density at radius 2 is 2.10 bits per heavy atom. The summed E-state index contributed by atoms with van der Waals surface area (Å²) < 4.78 is 5.76. The second-order valence-corrected chi connectivity index (χ2v) is 5.45. The highest BCUT2D eigenvalue weighted by molar-refractivity contribution is 5.78. The molecule has 0 unspecified atom stereocenters. The third-order valence-corrected chi connectivity index (χ3v) is 3.89. The summed E-state index contributed by atoms with van der Waals surface area (Å²) in [5, 5.41) is 3.15. The zero-order valence-corrected chi connectivity index (χ0v) is 12.6. The van der Waals surface area contributed by atoms with Crippen molar-refractivity contribution in [3.63, 3.8) is 0 Å². The summed E-state index contributed by atoms with van der Waals surface area (Å²) in [6, 6.07) is 6.33. The number of hydrogen-bond donors (Lipinski definition) is 1. The Labute approximate surface area is 121 Å². The minimum Gasteiger partial charge on any atom is -0.483 e. The highest BCUT2D eigenvalue weighted by Crippen LogP contribution is 2.23. The van der Waals surface area contributed by atoms with Crippen LogP contribution in [-0.4, -0.2) is 43.6 Å². The highest BCUT2D eigenvalue weighted by atomic mass is 16.5. The molecule has 1 aliphatic heterocycles. The molecule has 0 bridgehead atoms. The van der Waals surface area contributed by atoms with E-state index in [0.29, 0.717) is 6.04 Å². The van der Waals surface area contributed by atoms with E-state index in [-0.39, 0.29) is 12.5 Å². The molecule has 1 N–H and O–H groups in total. The van der Waals surface area contributed by atoms with Crippen LogP contribution in [0.15, 0.2) is 18.2 Å². The van der Waals surface area contributed by atoms with Crippen molar-refractivity contribution in [1.82, 2.24) is 10.2 Å². The fraction of sp³-hybridized carbons (Fsp3) is 0.562. The van der Waals surface area contributed by atoms with Gasteiger partial charge in [-0.2, -0.15) is 0 Å². The summed E-state index contributed by atoms with van der Waals surface area (Å²) in [7, 11) is 1.92. The van der Waals surface area contributed by atoms with Gasteiger partial charge in [-0.3, -0.25) is 4.79 Å². The van der Waals surface area contributed by atoms with Gasteiger partial charge in [0.25, 0.3) is 5.91 Å². The normalized spacial score (nSPS) is 18.4. The van der Waals surface area contributed by atoms with E-state index in [9.17, 15) is 4.79 Å². The Hall–Kier alpha value is -1.55. The third kappa shape index (κ3) is 3.31. The van der Waals surface area contributed by atoms with Gasteiger partial charge in [0.05, 0.1) is 0 Å². The second kappa shape index (κ2) is 6.75. The number of rotatable bonds is 5. The van der Waals surface area contributed by atoms with Crippen molar-refractivity contribution in [3.05, 3.63) is 29.3 Å². The van der Waals surface area contributed by atoms with Gasteiger partial charge in [0.2, 0.25) is 0 Å². The number of hydrogen-bond acceptors (Lipinski definition) is 3. The number of carbonyl (C=O) groups excluding carboxylic acids is 1. The van der Waals surface area contributed by atoms with E-state index in [1.54, 1.807) is 0 Å². The summed E-state index contributed by atoms with van der Waals surface area (Å²) in [5.74, 6) is 0.926. The molecule has 4 heteroatoms. The summed E-state index contributed by atoms with van der Waals surface area (Å²) >= 11 is 0. The lowest BCUT2D eigenvalue weighted by Gasteiger charge is -2.24. The molecular formula is C16H24N2O2. The molecule has 110 valence electrons. The number of para-hydroxylation sites is 1. The Balaban J connectivity index is 1.95. The quantitative estimate of drug-likeness (QED) is 0.893. The molecule has 1 aliphatic rings. The number of aryl methyl sites for hydroxylation is 2. The number of likely N-dealkylation sites (N-methyl/N-ethyl adjacent to an activating group) is 1. The molecule has 0 aromatic heterocycles. The van der Waals surface area contributed by atoms with Crippen LogP contribution in [0.4, 0.5) is 0 Å². The maximum atomic E-state index is 12.3. The molecule has 1 saturated heterocycles. The standard InChI is InChI=1S/C16H24N2O2/c1-12-6-4-7-13(2)16(12)20-11-15(19)18-9-5-8-14(18)10-17-3/h4,6-7,14,17H,5,8-11H2,1-3H3/t14-/m0/s1. The van der Waals surface area contributed by atoms with E-state index in [1.165, 1.54) is 0 Å². The summed E-state index contributed by atoms with van der Waals surface area (Å²) in [6.07, 6.45) is 2.16. The smallest absolute Gasteiger partial charge is 0.260 e. The number of likely N-dealkylation sites (tertiary alicyclic amines) is 1. The van der Waals surface area contributed by atoms with Crippen molar-refractivity contribution < 1.29 is 9.53 Å². The van der Waals surface area contributed by atoms with Gasteiger partial charge in [-0.1, -0.05) is 18.2 Å². The van der Waals surface area contributed by atoms with Gasteiger partial charge in [0.1, 0.15) is 5.75 Å². The molecule has 0 saturated carbocycles. The minimum atomic E-state index is 0.0883. The molecule has 2 rings (SSSR count). The molecule has 1 fully saturated rings. The maximum Gasteiger partial charge on any atom is 0.260 e. The van der Waals surface area contributed by atoms with E-state index >= 15 is 0 Å². The van der Waals surface area contributed by atoms with Gasteiger partial charge >= 0.3 is 0 Å². The van der Waals surface area contributed by atoms with Crippen molar-refractivity contribution in [2.24, 2.45) is 0 Å². The molecule has 1 heterocycles. The van der Waals surface area contributed by atoms with Crippen LogP contribution in [0.5, 0.6) is 5.75 Å². The van der Waals surface area contributed by atoms with Crippen LogP contribution in [0.3, 0.4) is 0 Å². The third-order valence-electron chi connectivity index (χ3n) is 3.89. The molecule has 20 heavy (non-hydrogen) atoms. The Morgan fingerprint density at radius 3 is 2.75 bits per heavy atom. The van der Waals surface area contributed by atoms with Gasteiger partial charge in [0.15, 0.2) is 6.61 Å². The van der Waals surface area contributed by atoms with Gasteiger partial charge in [-0.05, 0) is 44.9 Å². The van der Waals surface area contributed by atoms with Crippen molar-refractivity contribution in [3.8, 4) is 5.75 Å². The fourth-order valence-corrected chi connectivity index (χ4v) is 2.86. The minimum absolute atomic E-state index is 0.0883. The number of carbonyl (C=O) groups is 1. The maximum absolute atomic E-state index is 12.3. The van der Waals surface area contributed by atoms with E-state index in [0.717, 1.165) is 42.8 Å². The van der Waals surface area contributed by atoms with Crippen LogP contribution in [0.25, 0.3) is 0 Å². The number of nitrogens with one attached hydrogen (secondary N) is 1. The van der Waals surface area contributed by atoms with E-state index in [1.807, 2.05) is 44.0 Å². The molecule has 0 radical (unpaired) electrons. The van der Waals surface area contributed by atoms with E-state index in [4.69, 9.17) is 4.74 Å². The summed E-state index contributed by atoms with van der Waals surface area (Å²) in [5.41, 5.74) is 2.15. The van der Waals surface area contributed by atoms with Gasteiger partial charge in [0, 0.05) is 19.1 Å². The van der Waals surface area contributed by atoms with Crippen molar-refractivity contribution in [1.29, 1.82) is 0 Å². The first kappa shape index (κ1) is 14.9. The van der Waals surface area contributed by atoms with Crippen LogP contribution in [0.2, 0.25) is 0 Å². The Morgan fingerprint density at radius 1 is 1.40 bits per heavy atom. The first-order valence-electron chi connectivity index (χ1n) is 7.26. The SMILES string of the molecule is CNC[C@@H]1CCCN1C(=O)COc1c(C)cccc1C. The molecule has 0 aliphatic carbocycles.